The zero-order chi connectivity index (χ0) is 12.3. The van der Waals surface area contributed by atoms with E-state index < -0.39 is 0 Å². The Morgan fingerprint density at radius 3 is 2.53 bits per heavy atom. The lowest BCUT2D eigenvalue weighted by atomic mass is 10.4. The van der Waals surface area contributed by atoms with Crippen LogP contribution in [0.2, 0.25) is 0 Å². The van der Waals surface area contributed by atoms with Crippen LogP contribution in [0.1, 0.15) is 5.69 Å². The van der Waals surface area contributed by atoms with E-state index in [4.69, 9.17) is 19.3 Å². The van der Waals surface area contributed by atoms with Gasteiger partial charge in [-0.05, 0) is 12.1 Å². The second kappa shape index (κ2) is 9.18. The molecule has 0 saturated carbocycles. The lowest BCUT2D eigenvalue weighted by Gasteiger charge is -2.08. The van der Waals surface area contributed by atoms with Crippen molar-refractivity contribution in [3.8, 4) is 0 Å². The number of rotatable bonds is 10. The molecule has 1 N–H and O–H groups in total. The van der Waals surface area contributed by atoms with E-state index in [0.717, 1.165) is 12.2 Å². The lowest BCUT2D eigenvalue weighted by molar-refractivity contribution is 0.0228. The van der Waals surface area contributed by atoms with Crippen molar-refractivity contribution in [1.29, 1.82) is 0 Å². The van der Waals surface area contributed by atoms with Crippen molar-refractivity contribution >= 4 is 0 Å². The first kappa shape index (κ1) is 14.2. The molecule has 0 aliphatic carbocycles. The van der Waals surface area contributed by atoms with Gasteiger partial charge in [0.05, 0.1) is 39.6 Å². The average molecular weight is 243 g/mol. The largest absolute Gasteiger partial charge is 0.390 e. The summed E-state index contributed by atoms with van der Waals surface area (Å²) in [6.07, 6.45) is 1.93. The van der Waals surface area contributed by atoms with Crippen LogP contribution in [0.25, 0.3) is 0 Å². The molecule has 0 fully saturated rings. The minimum atomic E-state index is 0.0626. The normalized spacial score (nSPS) is 10.9. The van der Waals surface area contributed by atoms with Gasteiger partial charge in [-0.15, -0.1) is 0 Å². The Labute approximate surface area is 102 Å². The maximum Gasteiger partial charge on any atom is 0.0832 e. The Hall–Kier alpha value is -0.880. The summed E-state index contributed by atoms with van der Waals surface area (Å²) in [4.78, 5) is 0. The van der Waals surface area contributed by atoms with Crippen LogP contribution in [-0.4, -0.2) is 49.8 Å². The number of nitrogens with zero attached hydrogens (tertiary/aromatic N) is 1. The van der Waals surface area contributed by atoms with Gasteiger partial charge in [0.2, 0.25) is 0 Å². The van der Waals surface area contributed by atoms with Crippen LogP contribution in [0.15, 0.2) is 18.3 Å². The van der Waals surface area contributed by atoms with Gasteiger partial charge in [-0.3, -0.25) is 0 Å². The van der Waals surface area contributed by atoms with Gasteiger partial charge in [0.1, 0.15) is 0 Å². The SMILES string of the molecule is COCCOCCOCCn1cccc1CO. The summed E-state index contributed by atoms with van der Waals surface area (Å²) in [5, 5.41) is 9.04. The van der Waals surface area contributed by atoms with E-state index in [1.807, 2.05) is 22.9 Å². The summed E-state index contributed by atoms with van der Waals surface area (Å²) in [5.41, 5.74) is 0.907. The van der Waals surface area contributed by atoms with Crippen LogP contribution in [-0.2, 0) is 27.4 Å². The van der Waals surface area contributed by atoms with E-state index in [1.54, 1.807) is 7.11 Å². The van der Waals surface area contributed by atoms with Crippen LogP contribution >= 0.6 is 0 Å². The van der Waals surface area contributed by atoms with Gasteiger partial charge < -0.3 is 23.9 Å². The van der Waals surface area contributed by atoms with Crippen molar-refractivity contribution in [2.24, 2.45) is 0 Å². The van der Waals surface area contributed by atoms with Crippen LogP contribution in [0, 0.1) is 0 Å². The second-order valence-corrected chi connectivity index (χ2v) is 3.57. The zero-order valence-electron chi connectivity index (χ0n) is 10.3. The van der Waals surface area contributed by atoms with Gasteiger partial charge in [-0.1, -0.05) is 0 Å². The highest BCUT2D eigenvalue weighted by atomic mass is 16.5. The maximum absolute atomic E-state index is 9.04. The predicted octanol–water partition coefficient (Wildman–Crippen LogP) is 0.660. The van der Waals surface area contributed by atoms with E-state index in [9.17, 15) is 0 Å². The molecule has 0 radical (unpaired) electrons. The van der Waals surface area contributed by atoms with E-state index in [-0.39, 0.29) is 6.61 Å². The molecular formula is C12H21NO4. The number of aromatic nitrogens is 1. The van der Waals surface area contributed by atoms with Crippen molar-refractivity contribution in [2.45, 2.75) is 13.2 Å². The molecule has 0 saturated heterocycles. The third-order valence-corrected chi connectivity index (χ3v) is 2.37. The number of hydrogen-bond acceptors (Lipinski definition) is 4. The summed E-state index contributed by atoms with van der Waals surface area (Å²) in [7, 11) is 1.65. The third-order valence-electron chi connectivity index (χ3n) is 2.37. The Morgan fingerprint density at radius 2 is 1.82 bits per heavy atom. The fraction of sp³-hybridized carbons (Fsp3) is 0.667. The van der Waals surface area contributed by atoms with Crippen molar-refractivity contribution in [2.75, 3.05) is 40.1 Å². The van der Waals surface area contributed by atoms with E-state index in [1.165, 1.54) is 0 Å². The zero-order valence-corrected chi connectivity index (χ0v) is 10.3. The lowest BCUT2D eigenvalue weighted by Crippen LogP contribution is -2.12. The van der Waals surface area contributed by atoms with E-state index in [2.05, 4.69) is 0 Å². The molecule has 1 rings (SSSR count). The monoisotopic (exact) mass is 243 g/mol. The first-order valence-electron chi connectivity index (χ1n) is 5.77. The van der Waals surface area contributed by atoms with Gasteiger partial charge in [0, 0.05) is 25.5 Å². The van der Waals surface area contributed by atoms with Crippen LogP contribution in [0.5, 0.6) is 0 Å². The van der Waals surface area contributed by atoms with Crippen molar-refractivity contribution < 1.29 is 19.3 Å². The highest BCUT2D eigenvalue weighted by Gasteiger charge is 1.98. The Kier molecular flexibility index (Phi) is 7.66. The Morgan fingerprint density at radius 1 is 1.12 bits per heavy atom. The molecule has 1 aromatic rings. The summed E-state index contributed by atoms with van der Waals surface area (Å²) < 4.78 is 17.5. The highest BCUT2D eigenvalue weighted by molar-refractivity contribution is 5.05. The Bertz CT molecular complexity index is 288. The molecule has 5 nitrogen and oxygen atoms in total. The minimum Gasteiger partial charge on any atom is -0.390 e. The minimum absolute atomic E-state index is 0.0626. The first-order chi connectivity index (χ1) is 8.38. The van der Waals surface area contributed by atoms with Gasteiger partial charge in [0.25, 0.3) is 0 Å². The summed E-state index contributed by atoms with van der Waals surface area (Å²) in [5.74, 6) is 0. The molecule has 0 atom stereocenters. The molecule has 5 heteroatoms. The molecule has 17 heavy (non-hydrogen) atoms. The van der Waals surface area contributed by atoms with Gasteiger partial charge in [-0.2, -0.15) is 0 Å². The predicted molar refractivity (Wildman–Crippen MR) is 63.9 cm³/mol. The number of hydrogen-bond donors (Lipinski definition) is 1. The number of aliphatic hydroxyl groups is 1. The quantitative estimate of drug-likeness (QED) is 0.613. The Balaban J connectivity index is 1.97. The molecule has 0 aliphatic heterocycles. The topological polar surface area (TPSA) is 52.9 Å². The van der Waals surface area contributed by atoms with E-state index in [0.29, 0.717) is 33.0 Å². The van der Waals surface area contributed by atoms with Crippen molar-refractivity contribution in [3.63, 3.8) is 0 Å². The van der Waals surface area contributed by atoms with Gasteiger partial charge >= 0.3 is 0 Å². The molecule has 0 amide bonds. The molecule has 0 spiro atoms. The first-order valence-corrected chi connectivity index (χ1v) is 5.77. The number of ether oxygens (including phenoxy) is 3. The standard InChI is InChI=1S/C12H21NO4/c1-15-7-8-17-10-9-16-6-5-13-4-2-3-12(13)11-14/h2-4,14H,5-11H2,1H3. The fourth-order valence-electron chi connectivity index (χ4n) is 1.44. The van der Waals surface area contributed by atoms with Crippen LogP contribution in [0.4, 0.5) is 0 Å². The molecule has 0 aliphatic rings. The van der Waals surface area contributed by atoms with Gasteiger partial charge in [0.15, 0.2) is 0 Å². The maximum atomic E-state index is 9.04. The third kappa shape index (κ3) is 5.83. The summed E-state index contributed by atoms with van der Waals surface area (Å²) in [6.45, 7) is 3.82. The van der Waals surface area contributed by atoms with Crippen LogP contribution < -0.4 is 0 Å². The highest BCUT2D eigenvalue weighted by Crippen LogP contribution is 2.01. The molecule has 98 valence electrons. The molecule has 0 bridgehead atoms. The number of methoxy groups -OCH3 is 1. The van der Waals surface area contributed by atoms with Gasteiger partial charge in [-0.25, -0.2) is 0 Å². The molecule has 0 aromatic carbocycles. The fourth-order valence-corrected chi connectivity index (χ4v) is 1.44. The summed E-state index contributed by atoms with van der Waals surface area (Å²) in [6, 6.07) is 3.81. The molecule has 1 heterocycles. The van der Waals surface area contributed by atoms with Crippen molar-refractivity contribution in [3.05, 3.63) is 24.0 Å². The van der Waals surface area contributed by atoms with Crippen molar-refractivity contribution in [1.82, 2.24) is 4.57 Å². The average Bonchev–Trinajstić information content (AvgIpc) is 2.80. The molecular weight excluding hydrogens is 222 g/mol. The van der Waals surface area contributed by atoms with Crippen LogP contribution in [0.3, 0.4) is 0 Å². The molecule has 1 aromatic heterocycles. The number of aliphatic hydroxyl groups excluding tert-OH is 1. The smallest absolute Gasteiger partial charge is 0.0832 e. The van der Waals surface area contributed by atoms with E-state index >= 15 is 0 Å². The molecule has 0 unspecified atom stereocenters. The summed E-state index contributed by atoms with van der Waals surface area (Å²) >= 11 is 0. The second-order valence-electron chi connectivity index (χ2n) is 3.57.